The standard InChI is InChI=1S/C57H104N20O16S/c1-30(2)26-40(56(93)77-25-13-18-41(77)54(91)73-38(17-12-24-65-57(63)64)51(88)71-35(14-6-9-21-58)49(86)67-28-44(81)82)75-52(89)37(16-8-11-23-60)70-47(84)32(4)68-46(83)31(3)69-50(87)36(15-7-10-22-59)72-53(90)39(19-20-42(62)79)74-55(92)45(33(5)78)76-43(80)27-66-48(85)34(61)29-94/h30-41,45,78,94H,6-29,58-61H2,1-5H3,(H2,62,79)(H,66,85)(H,67,86)(H,68,83)(H,69,87)(H,70,84)(H,71,88)(H,72,90)(H,73,91)(H,74,92)(H,75,89)(H,76,80)(H,81,82)(H4,63,64,65)/t31-,32-,33+,34-,35-,36-,37-,38-,39-,40-,41-,45-/m0/s1. The molecule has 27 N–H and O–H groups in total. The number of carbonyl (C=O) groups excluding carboxylic acids is 13. The second kappa shape index (κ2) is 45.4. The minimum Gasteiger partial charge on any atom is -0.480 e. The first kappa shape index (κ1) is 84.0. The van der Waals surface area contributed by atoms with Gasteiger partial charge in [0.1, 0.15) is 67.0 Å². The van der Waals surface area contributed by atoms with Crippen molar-refractivity contribution in [2.75, 3.05) is 51.6 Å². The maximum atomic E-state index is 14.6. The summed E-state index contributed by atoms with van der Waals surface area (Å²) in [5, 5.41) is 46.9. The molecule has 0 bridgehead atoms. The second-order valence-electron chi connectivity index (χ2n) is 23.4. The third-order valence-electron chi connectivity index (χ3n) is 14.7. The van der Waals surface area contributed by atoms with Crippen LogP contribution in [0.15, 0.2) is 4.99 Å². The number of nitrogens with one attached hydrogen (secondary N) is 11. The van der Waals surface area contributed by atoms with Gasteiger partial charge in [-0.05, 0) is 143 Å². The van der Waals surface area contributed by atoms with Crippen molar-refractivity contribution < 1.29 is 77.3 Å². The van der Waals surface area contributed by atoms with Gasteiger partial charge in [0.2, 0.25) is 76.8 Å². The summed E-state index contributed by atoms with van der Waals surface area (Å²) < 4.78 is 0. The van der Waals surface area contributed by atoms with E-state index >= 15 is 0 Å². The van der Waals surface area contributed by atoms with E-state index < -0.39 is 181 Å². The summed E-state index contributed by atoms with van der Waals surface area (Å²) in [6.45, 7) is 6.85. The van der Waals surface area contributed by atoms with Crippen LogP contribution in [0.2, 0.25) is 0 Å². The maximum absolute atomic E-state index is 14.6. The topological polar surface area (TPSA) is 610 Å². The first-order valence-electron chi connectivity index (χ1n) is 31.6. The maximum Gasteiger partial charge on any atom is 0.322 e. The van der Waals surface area contributed by atoms with Crippen molar-refractivity contribution in [2.24, 2.45) is 51.0 Å². The van der Waals surface area contributed by atoms with E-state index in [9.17, 15) is 72.2 Å². The summed E-state index contributed by atoms with van der Waals surface area (Å²) >= 11 is 3.92. The zero-order valence-corrected chi connectivity index (χ0v) is 55.4. The van der Waals surface area contributed by atoms with E-state index in [4.69, 9.17) is 45.2 Å². The van der Waals surface area contributed by atoms with Crippen LogP contribution < -0.4 is 98.6 Å². The van der Waals surface area contributed by atoms with Crippen LogP contribution in [-0.2, 0) is 67.1 Å². The molecule has 0 unspecified atom stereocenters. The first-order valence-corrected chi connectivity index (χ1v) is 32.2. The van der Waals surface area contributed by atoms with E-state index in [0.717, 1.165) is 6.92 Å². The molecule has 36 nitrogen and oxygen atoms in total. The Morgan fingerprint density at radius 1 is 0.532 bits per heavy atom. The van der Waals surface area contributed by atoms with Crippen LogP contribution in [0, 0.1) is 5.92 Å². The number of carbonyl (C=O) groups is 14. The molecule has 0 spiro atoms. The highest BCUT2D eigenvalue weighted by molar-refractivity contribution is 7.80. The summed E-state index contributed by atoms with van der Waals surface area (Å²) in [6.07, 6.45) is 0.692. The number of amides is 13. The Labute approximate surface area is 552 Å². The summed E-state index contributed by atoms with van der Waals surface area (Å²) in [5.74, 6) is -12.7. The van der Waals surface area contributed by atoms with Gasteiger partial charge < -0.3 is 114 Å². The first-order chi connectivity index (χ1) is 44.3. The number of nitrogens with two attached hydrogens (primary N) is 7. The molecule has 13 amide bonds. The number of primary amides is 1. The number of thiol groups is 1. The molecule has 1 aliphatic heterocycles. The summed E-state index contributed by atoms with van der Waals surface area (Å²) in [5.41, 5.74) is 39.1. The highest BCUT2D eigenvalue weighted by Gasteiger charge is 2.41. The van der Waals surface area contributed by atoms with Crippen LogP contribution in [-0.4, -0.2) is 228 Å². The molecule has 12 atom stereocenters. The number of guanidine groups is 1. The molecular weight excluding hydrogens is 1250 g/mol. The Hall–Kier alpha value is -8.00. The van der Waals surface area contributed by atoms with Gasteiger partial charge in [0.05, 0.1) is 18.7 Å². The Morgan fingerprint density at radius 3 is 1.45 bits per heavy atom. The van der Waals surface area contributed by atoms with Crippen LogP contribution in [0.25, 0.3) is 0 Å². The quantitative estimate of drug-likeness (QED) is 0.0116. The van der Waals surface area contributed by atoms with Crippen molar-refractivity contribution in [3.05, 3.63) is 0 Å². The van der Waals surface area contributed by atoms with Crippen LogP contribution in [0.4, 0.5) is 0 Å². The number of aliphatic carboxylic acids is 1. The number of hydrogen-bond donors (Lipinski definition) is 21. The lowest BCUT2D eigenvalue weighted by Gasteiger charge is -2.31. The van der Waals surface area contributed by atoms with Gasteiger partial charge in [-0.25, -0.2) is 0 Å². The van der Waals surface area contributed by atoms with Crippen molar-refractivity contribution in [1.82, 2.24) is 63.4 Å². The smallest absolute Gasteiger partial charge is 0.322 e. The van der Waals surface area contributed by atoms with Crippen molar-refractivity contribution in [1.29, 1.82) is 0 Å². The normalized spacial score (nSPS) is 16.2. The number of carboxylic acid groups (broad SMARTS) is 1. The van der Waals surface area contributed by atoms with E-state index in [1.165, 1.54) is 18.7 Å². The number of carboxylic acids is 1. The summed E-state index contributed by atoms with van der Waals surface area (Å²) in [7, 11) is 0. The van der Waals surface area contributed by atoms with Crippen LogP contribution in [0.5, 0.6) is 0 Å². The fourth-order valence-electron chi connectivity index (χ4n) is 9.53. The van der Waals surface area contributed by atoms with E-state index in [0.29, 0.717) is 38.5 Å². The summed E-state index contributed by atoms with van der Waals surface area (Å²) in [4.78, 5) is 192. The predicted molar refractivity (Wildman–Crippen MR) is 347 cm³/mol. The number of aliphatic imine (C=N–C) groups is 1. The van der Waals surface area contributed by atoms with Gasteiger partial charge in [0.15, 0.2) is 5.96 Å². The van der Waals surface area contributed by atoms with Crippen LogP contribution in [0.1, 0.15) is 137 Å². The summed E-state index contributed by atoms with van der Waals surface area (Å²) in [6, 6.07) is -14.6. The van der Waals surface area contributed by atoms with Gasteiger partial charge in [-0.2, -0.15) is 12.6 Å². The Bertz CT molecular complexity index is 2560. The average molecular weight is 1360 g/mol. The van der Waals surface area contributed by atoms with Crippen molar-refractivity contribution in [2.45, 2.75) is 210 Å². The zero-order chi connectivity index (χ0) is 71.2. The Kier molecular flexibility index (Phi) is 40.5. The van der Waals surface area contributed by atoms with Crippen molar-refractivity contribution >= 4 is 101 Å². The van der Waals surface area contributed by atoms with Gasteiger partial charge in [0.25, 0.3) is 0 Å². The number of likely N-dealkylation sites (tertiary alicyclic amines) is 1. The highest BCUT2D eigenvalue weighted by Crippen LogP contribution is 2.22. The minimum atomic E-state index is -1.69. The van der Waals surface area contributed by atoms with Crippen LogP contribution in [0.3, 0.4) is 0 Å². The second-order valence-corrected chi connectivity index (χ2v) is 23.7. The molecule has 1 aliphatic rings. The average Bonchev–Trinajstić information content (AvgIpc) is 1.60. The minimum absolute atomic E-state index is 0.0249. The third kappa shape index (κ3) is 32.7. The largest absolute Gasteiger partial charge is 0.480 e. The molecule has 37 heteroatoms. The van der Waals surface area contributed by atoms with E-state index in [2.05, 4.69) is 76.1 Å². The molecule has 1 heterocycles. The van der Waals surface area contributed by atoms with Crippen LogP contribution >= 0.6 is 12.6 Å². The monoisotopic (exact) mass is 1360 g/mol. The molecule has 1 fully saturated rings. The number of nitrogens with zero attached hydrogens (tertiary/aromatic N) is 2. The van der Waals surface area contributed by atoms with Crippen molar-refractivity contribution in [3.63, 3.8) is 0 Å². The lowest BCUT2D eigenvalue weighted by molar-refractivity contribution is -0.143. The lowest BCUT2D eigenvalue weighted by Crippen LogP contribution is -2.60. The fourth-order valence-corrected chi connectivity index (χ4v) is 9.70. The number of hydrogen-bond acceptors (Lipinski definition) is 21. The molecule has 0 saturated carbocycles. The number of unbranched alkanes of at least 4 members (excludes halogenated alkanes) is 3. The number of aliphatic hydroxyl groups excluding tert-OH is 1. The van der Waals surface area contributed by atoms with Gasteiger partial charge in [-0.3, -0.25) is 72.1 Å². The molecule has 0 aliphatic carbocycles. The highest BCUT2D eigenvalue weighted by atomic mass is 32.1. The molecule has 0 aromatic carbocycles. The SMILES string of the molecule is CC(C)C[C@H](NC(=O)[C@H](CCCCN)NC(=O)[C@H](C)NC(=O)[C@H](C)NC(=O)[C@H](CCCCN)NC(=O)[C@H](CCC(N)=O)NC(=O)[C@@H](NC(=O)CNC(=O)[C@@H](N)CS)[C@@H](C)O)C(=O)N1CCC[C@H]1C(=O)N[C@@H](CCCN=C(N)N)C(=O)N[C@@H](CCCCN)C(=O)NCC(=O)O. The number of aliphatic hydroxyl groups is 1. The van der Waals surface area contributed by atoms with E-state index in [1.807, 2.05) is 0 Å². The fraction of sp³-hybridized carbons (Fsp3) is 0.737. The molecule has 0 aromatic rings. The predicted octanol–water partition coefficient (Wildman–Crippen LogP) is -7.91. The van der Waals surface area contributed by atoms with Gasteiger partial charge >= 0.3 is 5.97 Å². The third-order valence-corrected chi connectivity index (χ3v) is 15.1. The lowest BCUT2D eigenvalue weighted by atomic mass is 10.0. The Morgan fingerprint density at radius 2 is 0.968 bits per heavy atom. The molecule has 534 valence electrons. The van der Waals surface area contributed by atoms with Gasteiger partial charge in [0, 0.05) is 25.3 Å². The molecule has 0 radical (unpaired) electrons. The van der Waals surface area contributed by atoms with Gasteiger partial charge in [-0.15, -0.1) is 0 Å². The number of rotatable bonds is 47. The van der Waals surface area contributed by atoms with E-state index in [1.54, 1.807) is 13.8 Å². The molecule has 94 heavy (non-hydrogen) atoms. The van der Waals surface area contributed by atoms with Crippen molar-refractivity contribution in [3.8, 4) is 0 Å². The van der Waals surface area contributed by atoms with E-state index in [-0.39, 0.29) is 102 Å². The van der Waals surface area contributed by atoms with Gasteiger partial charge in [-0.1, -0.05) is 13.8 Å². The molecule has 0 aromatic heterocycles. The zero-order valence-electron chi connectivity index (χ0n) is 54.5. The molecule has 1 saturated heterocycles. The molecular formula is C57H104N20O16S. The molecule has 1 rings (SSSR count). The Balaban J connectivity index is 3.37.